The molecule has 1 atom stereocenters. The summed E-state index contributed by atoms with van der Waals surface area (Å²) in [6, 6.07) is 16.0. The minimum Gasteiger partial charge on any atom is -0.491 e. The van der Waals surface area contributed by atoms with Gasteiger partial charge in [0.15, 0.2) is 0 Å². The number of nitrogens with zero attached hydrogens (tertiary/aromatic N) is 2. The number of aliphatic hydroxyl groups is 1. The topological polar surface area (TPSA) is 64.3 Å². The average molecular weight is 354 g/mol. The number of aryl methyl sites for hydroxylation is 2. The van der Waals surface area contributed by atoms with Crippen molar-refractivity contribution in [2.24, 2.45) is 0 Å². The van der Waals surface area contributed by atoms with Crippen molar-refractivity contribution in [2.45, 2.75) is 45.9 Å². The molecule has 1 heterocycles. The lowest BCUT2D eigenvalue weighted by Gasteiger charge is -2.12. The Morgan fingerprint density at radius 2 is 2.00 bits per heavy atom. The van der Waals surface area contributed by atoms with Gasteiger partial charge in [0.2, 0.25) is 0 Å². The van der Waals surface area contributed by atoms with Crippen LogP contribution in [0, 0.1) is 6.92 Å². The van der Waals surface area contributed by atoms with E-state index >= 15 is 0 Å². The lowest BCUT2D eigenvalue weighted by molar-refractivity contribution is -0.665. The summed E-state index contributed by atoms with van der Waals surface area (Å²) in [7, 11) is 0. The summed E-state index contributed by atoms with van der Waals surface area (Å²) < 4.78 is 9.85. The highest BCUT2D eigenvalue weighted by atomic mass is 16.5. The number of hydrogen-bond acceptors (Lipinski definition) is 3. The molecule has 2 aromatic carbocycles. The van der Waals surface area contributed by atoms with E-state index in [1.807, 2.05) is 54.0 Å². The van der Waals surface area contributed by atoms with E-state index in [1.54, 1.807) is 0 Å². The first kappa shape index (κ1) is 18.3. The predicted octanol–water partition coefficient (Wildman–Crippen LogP) is 3.06. The van der Waals surface area contributed by atoms with Gasteiger partial charge in [-0.2, -0.15) is 0 Å². The Kier molecular flexibility index (Phi) is 5.78. The van der Waals surface area contributed by atoms with Gasteiger partial charge in [0, 0.05) is 0 Å². The highest BCUT2D eigenvalue weighted by Crippen LogP contribution is 2.17. The van der Waals surface area contributed by atoms with Gasteiger partial charge in [-0.05, 0) is 43.2 Å². The molecular weight excluding hydrogens is 326 g/mol. The second-order valence-electron chi connectivity index (χ2n) is 6.74. The predicted molar refractivity (Wildman–Crippen MR) is 104 cm³/mol. The largest absolute Gasteiger partial charge is 0.491 e. The lowest BCUT2D eigenvalue weighted by Crippen LogP contribution is -2.43. The van der Waals surface area contributed by atoms with Crippen LogP contribution in [0.5, 0.6) is 5.75 Å². The molecule has 0 aliphatic carbocycles. The Labute approximate surface area is 154 Å². The zero-order valence-electron chi connectivity index (χ0n) is 15.6. The maximum atomic E-state index is 10.5. The molecule has 0 saturated carbocycles. The Morgan fingerprint density at radius 3 is 2.77 bits per heavy atom. The van der Waals surface area contributed by atoms with E-state index in [4.69, 9.17) is 10.5 Å². The van der Waals surface area contributed by atoms with Gasteiger partial charge in [-0.3, -0.25) is 5.73 Å². The number of unbranched alkanes of at least 4 members (excludes halogenated alkanes) is 1. The summed E-state index contributed by atoms with van der Waals surface area (Å²) in [6.45, 7) is 5.70. The van der Waals surface area contributed by atoms with E-state index in [2.05, 4.69) is 17.6 Å². The molecule has 0 amide bonds. The van der Waals surface area contributed by atoms with Gasteiger partial charge in [0.05, 0.1) is 6.54 Å². The highest BCUT2D eigenvalue weighted by molar-refractivity contribution is 5.73. The number of imidazole rings is 1. The highest BCUT2D eigenvalue weighted by Gasteiger charge is 2.22. The van der Waals surface area contributed by atoms with Gasteiger partial charge in [-0.25, -0.2) is 9.13 Å². The second-order valence-corrected chi connectivity index (χ2v) is 6.74. The van der Waals surface area contributed by atoms with Crippen LogP contribution in [0.1, 0.15) is 25.3 Å². The fourth-order valence-corrected chi connectivity index (χ4v) is 3.22. The summed E-state index contributed by atoms with van der Waals surface area (Å²) >= 11 is 0. The first-order chi connectivity index (χ1) is 12.6. The molecule has 3 aromatic rings. The van der Waals surface area contributed by atoms with Crippen molar-refractivity contribution in [3.63, 3.8) is 0 Å². The fraction of sp³-hybridized carbons (Fsp3) is 0.381. The summed E-state index contributed by atoms with van der Waals surface area (Å²) in [4.78, 5) is 0. The van der Waals surface area contributed by atoms with E-state index in [0.29, 0.717) is 12.5 Å². The molecule has 0 radical (unpaired) electrons. The van der Waals surface area contributed by atoms with Gasteiger partial charge in [-0.15, -0.1) is 0 Å². The SMILES string of the molecule is CCCCn1c(N)[n+](C[C@H](O)COc2cccc(C)c2)c2ccccc21. The summed E-state index contributed by atoms with van der Waals surface area (Å²) in [5.41, 5.74) is 9.68. The summed E-state index contributed by atoms with van der Waals surface area (Å²) in [6.07, 6.45) is 1.54. The zero-order chi connectivity index (χ0) is 18.5. The Balaban J connectivity index is 1.76. The molecule has 0 aliphatic rings. The minimum absolute atomic E-state index is 0.227. The third kappa shape index (κ3) is 3.99. The number of hydrogen-bond donors (Lipinski definition) is 2. The number of para-hydroxylation sites is 2. The fourth-order valence-electron chi connectivity index (χ4n) is 3.22. The van der Waals surface area contributed by atoms with Crippen molar-refractivity contribution in [2.75, 3.05) is 12.3 Å². The van der Waals surface area contributed by atoms with E-state index in [9.17, 15) is 5.11 Å². The van der Waals surface area contributed by atoms with Crippen LogP contribution in [0.3, 0.4) is 0 Å². The van der Waals surface area contributed by atoms with Crippen LogP contribution < -0.4 is 15.0 Å². The maximum Gasteiger partial charge on any atom is 0.356 e. The second kappa shape index (κ2) is 8.23. The van der Waals surface area contributed by atoms with Crippen molar-refractivity contribution in [1.29, 1.82) is 0 Å². The van der Waals surface area contributed by atoms with Crippen LogP contribution >= 0.6 is 0 Å². The van der Waals surface area contributed by atoms with Crippen LogP contribution in [0.2, 0.25) is 0 Å². The monoisotopic (exact) mass is 354 g/mol. The quantitative estimate of drug-likeness (QED) is 0.611. The number of aromatic nitrogens is 2. The number of nitrogens with two attached hydrogens (primary N) is 1. The van der Waals surface area contributed by atoms with E-state index in [1.165, 1.54) is 0 Å². The summed E-state index contributed by atoms with van der Waals surface area (Å²) in [5, 5.41) is 10.5. The van der Waals surface area contributed by atoms with Crippen LogP contribution in [0.4, 0.5) is 5.95 Å². The van der Waals surface area contributed by atoms with Gasteiger partial charge in [0.25, 0.3) is 0 Å². The molecule has 0 bridgehead atoms. The number of aliphatic hydroxyl groups excluding tert-OH is 1. The smallest absolute Gasteiger partial charge is 0.356 e. The number of rotatable bonds is 8. The van der Waals surface area contributed by atoms with Crippen LogP contribution in [0.15, 0.2) is 48.5 Å². The molecule has 0 unspecified atom stereocenters. The van der Waals surface area contributed by atoms with Crippen molar-refractivity contribution in [3.8, 4) is 5.75 Å². The number of ether oxygens (including phenoxy) is 1. The van der Waals surface area contributed by atoms with Crippen LogP contribution in [-0.4, -0.2) is 22.4 Å². The maximum absolute atomic E-state index is 10.5. The molecule has 5 heteroatoms. The molecule has 0 aliphatic heterocycles. The molecule has 3 N–H and O–H groups in total. The molecular formula is C21H28N3O2+. The molecule has 0 fully saturated rings. The summed E-state index contributed by atoms with van der Waals surface area (Å²) in [5.74, 6) is 1.45. The van der Waals surface area contributed by atoms with Crippen molar-refractivity contribution in [1.82, 2.24) is 4.57 Å². The number of anilines is 1. The normalized spacial score (nSPS) is 12.4. The standard InChI is InChI=1S/C21H27N3O2/c1-3-4-12-23-19-10-5-6-11-20(19)24(21(23)22)14-17(25)15-26-18-9-7-8-16(2)13-18/h5-11,13,17,22,25H,3-4,12,14-15H2,1-2H3/p+1/t17-/m0/s1. The molecule has 1 aromatic heterocycles. The van der Waals surface area contributed by atoms with E-state index in [-0.39, 0.29) is 6.61 Å². The van der Waals surface area contributed by atoms with Gasteiger partial charge >= 0.3 is 5.95 Å². The van der Waals surface area contributed by atoms with Crippen molar-refractivity contribution >= 4 is 17.0 Å². The lowest BCUT2D eigenvalue weighted by atomic mass is 10.2. The molecule has 0 saturated heterocycles. The van der Waals surface area contributed by atoms with Gasteiger partial charge < -0.3 is 9.84 Å². The molecule has 26 heavy (non-hydrogen) atoms. The van der Waals surface area contributed by atoms with Crippen LogP contribution in [0.25, 0.3) is 11.0 Å². The number of benzene rings is 2. The van der Waals surface area contributed by atoms with Crippen molar-refractivity contribution < 1.29 is 14.4 Å². The molecule has 0 spiro atoms. The number of nitrogen functional groups attached to an aromatic ring is 1. The minimum atomic E-state index is -0.645. The first-order valence-electron chi connectivity index (χ1n) is 9.24. The Morgan fingerprint density at radius 1 is 1.19 bits per heavy atom. The molecule has 138 valence electrons. The van der Waals surface area contributed by atoms with Crippen LogP contribution in [-0.2, 0) is 13.1 Å². The van der Waals surface area contributed by atoms with Gasteiger partial charge in [0.1, 0.15) is 36.0 Å². The van der Waals surface area contributed by atoms with Crippen molar-refractivity contribution in [3.05, 3.63) is 54.1 Å². The molecule has 3 rings (SSSR count). The Bertz CT molecular complexity index is 873. The zero-order valence-corrected chi connectivity index (χ0v) is 15.6. The molecule has 5 nitrogen and oxygen atoms in total. The first-order valence-corrected chi connectivity index (χ1v) is 9.24. The van der Waals surface area contributed by atoms with Gasteiger partial charge in [-0.1, -0.05) is 37.6 Å². The third-order valence-electron chi connectivity index (χ3n) is 4.58. The average Bonchev–Trinajstić information content (AvgIpc) is 2.90. The third-order valence-corrected chi connectivity index (χ3v) is 4.58. The Hall–Kier alpha value is -2.53. The van der Waals surface area contributed by atoms with E-state index < -0.39 is 6.10 Å². The number of fused-ring (bicyclic) bond motifs is 1. The van der Waals surface area contributed by atoms with E-state index in [0.717, 1.165) is 41.7 Å².